The lowest BCUT2D eigenvalue weighted by Crippen LogP contribution is -2.28. The maximum atomic E-state index is 13.6. The van der Waals surface area contributed by atoms with E-state index in [9.17, 15) is 8.78 Å². The quantitative estimate of drug-likeness (QED) is 0.730. The summed E-state index contributed by atoms with van der Waals surface area (Å²) in [5.41, 5.74) is 1.06. The third kappa shape index (κ3) is 4.62. The monoisotopic (exact) mass is 390 g/mol. The first-order valence-corrected chi connectivity index (χ1v) is 7.47. The molecule has 2 nitrogen and oxygen atoms in total. The minimum atomic E-state index is -0.725. The standard InChI is InChI=1S/C14H10BrClF2N2S/c15-11-5-10(17)6-12(18)13(11)20-14(21)19-7-8-1-3-9(16)4-2-8/h1-6H,7H2,(H2,19,20,21). The summed E-state index contributed by atoms with van der Waals surface area (Å²) in [6, 6.07) is 9.19. The molecule has 0 aromatic heterocycles. The predicted molar refractivity (Wildman–Crippen MR) is 88.6 cm³/mol. The van der Waals surface area contributed by atoms with E-state index in [1.165, 1.54) is 0 Å². The van der Waals surface area contributed by atoms with Crippen LogP contribution in [0.2, 0.25) is 5.02 Å². The zero-order chi connectivity index (χ0) is 15.4. The van der Waals surface area contributed by atoms with Gasteiger partial charge in [0.05, 0.1) is 5.69 Å². The highest BCUT2D eigenvalue weighted by Crippen LogP contribution is 2.26. The van der Waals surface area contributed by atoms with E-state index in [0.29, 0.717) is 11.6 Å². The molecule has 0 heterocycles. The summed E-state index contributed by atoms with van der Waals surface area (Å²) in [5.74, 6) is -1.39. The van der Waals surface area contributed by atoms with Crippen LogP contribution in [0.1, 0.15) is 5.56 Å². The van der Waals surface area contributed by atoms with Crippen LogP contribution < -0.4 is 10.6 Å². The lowest BCUT2D eigenvalue weighted by atomic mass is 10.2. The van der Waals surface area contributed by atoms with Gasteiger partial charge in [-0.15, -0.1) is 0 Å². The second-order valence-electron chi connectivity index (χ2n) is 4.18. The SMILES string of the molecule is Fc1cc(F)c(NC(=S)NCc2ccc(Cl)cc2)c(Br)c1. The zero-order valence-electron chi connectivity index (χ0n) is 10.6. The van der Waals surface area contributed by atoms with Gasteiger partial charge in [-0.2, -0.15) is 0 Å². The molecule has 0 spiro atoms. The molecule has 0 atom stereocenters. The summed E-state index contributed by atoms with van der Waals surface area (Å²) in [6.07, 6.45) is 0. The number of nitrogens with one attached hydrogen (secondary N) is 2. The summed E-state index contributed by atoms with van der Waals surface area (Å²) >= 11 is 14.0. The van der Waals surface area contributed by atoms with Crippen molar-refractivity contribution < 1.29 is 8.78 Å². The van der Waals surface area contributed by atoms with Crippen LogP contribution in [-0.2, 0) is 6.54 Å². The van der Waals surface area contributed by atoms with Crippen LogP contribution in [0.25, 0.3) is 0 Å². The predicted octanol–water partition coefficient (Wildman–Crippen LogP) is 4.87. The van der Waals surface area contributed by atoms with E-state index in [0.717, 1.165) is 17.7 Å². The highest BCUT2D eigenvalue weighted by Gasteiger charge is 2.10. The molecule has 0 unspecified atom stereocenters. The van der Waals surface area contributed by atoms with Crippen LogP contribution in [0.15, 0.2) is 40.9 Å². The molecule has 0 radical (unpaired) electrons. The summed E-state index contributed by atoms with van der Waals surface area (Å²) in [6.45, 7) is 0.462. The molecule has 2 N–H and O–H groups in total. The smallest absolute Gasteiger partial charge is 0.171 e. The van der Waals surface area contributed by atoms with Crippen molar-refractivity contribution in [3.63, 3.8) is 0 Å². The van der Waals surface area contributed by atoms with E-state index in [1.54, 1.807) is 12.1 Å². The first kappa shape index (κ1) is 16.1. The minimum absolute atomic E-state index is 0.0880. The van der Waals surface area contributed by atoms with Gasteiger partial charge >= 0.3 is 0 Å². The molecule has 2 rings (SSSR count). The zero-order valence-corrected chi connectivity index (χ0v) is 13.7. The van der Waals surface area contributed by atoms with Crippen molar-refractivity contribution in [3.05, 3.63) is 63.1 Å². The largest absolute Gasteiger partial charge is 0.358 e. The topological polar surface area (TPSA) is 24.1 Å². The third-order valence-corrected chi connectivity index (χ3v) is 3.74. The fourth-order valence-corrected chi connectivity index (χ4v) is 2.41. The number of halogens is 4. The Balaban J connectivity index is 1.97. The highest BCUT2D eigenvalue weighted by molar-refractivity contribution is 9.10. The van der Waals surface area contributed by atoms with Crippen LogP contribution in [0.5, 0.6) is 0 Å². The maximum Gasteiger partial charge on any atom is 0.171 e. The maximum absolute atomic E-state index is 13.6. The molecule has 0 bridgehead atoms. The summed E-state index contributed by atoms with van der Waals surface area (Å²) in [4.78, 5) is 0. The van der Waals surface area contributed by atoms with Crippen LogP contribution >= 0.6 is 39.7 Å². The Labute approximate surface area is 139 Å². The molecule has 0 aliphatic heterocycles. The van der Waals surface area contributed by atoms with E-state index < -0.39 is 11.6 Å². The van der Waals surface area contributed by atoms with Crippen LogP contribution in [-0.4, -0.2) is 5.11 Å². The number of hydrogen-bond donors (Lipinski definition) is 2. The summed E-state index contributed by atoms with van der Waals surface area (Å²) in [5, 5.41) is 6.51. The molecule has 0 amide bonds. The number of hydrogen-bond acceptors (Lipinski definition) is 1. The molecule has 2 aromatic carbocycles. The van der Waals surface area contributed by atoms with E-state index in [1.807, 2.05) is 12.1 Å². The van der Waals surface area contributed by atoms with Gasteiger partial charge < -0.3 is 10.6 Å². The Bertz CT molecular complexity index is 642. The van der Waals surface area contributed by atoms with Gasteiger partial charge in [-0.25, -0.2) is 8.78 Å². The highest BCUT2D eigenvalue weighted by atomic mass is 79.9. The minimum Gasteiger partial charge on any atom is -0.358 e. The van der Waals surface area contributed by atoms with Crippen LogP contribution in [0.3, 0.4) is 0 Å². The van der Waals surface area contributed by atoms with Gasteiger partial charge in [0, 0.05) is 22.1 Å². The van der Waals surface area contributed by atoms with Gasteiger partial charge in [-0.1, -0.05) is 23.7 Å². The van der Waals surface area contributed by atoms with Crippen molar-refractivity contribution >= 4 is 50.5 Å². The average Bonchev–Trinajstić information content (AvgIpc) is 2.42. The third-order valence-electron chi connectivity index (χ3n) is 2.61. The fraction of sp³-hybridized carbons (Fsp3) is 0.0714. The Morgan fingerprint density at radius 2 is 1.86 bits per heavy atom. The number of rotatable bonds is 3. The van der Waals surface area contributed by atoms with Crippen LogP contribution in [0.4, 0.5) is 14.5 Å². The second-order valence-corrected chi connectivity index (χ2v) is 5.88. The molecular weight excluding hydrogens is 382 g/mol. The lowest BCUT2D eigenvalue weighted by molar-refractivity contribution is 0.585. The molecule has 0 aliphatic rings. The number of thiocarbonyl (C=S) groups is 1. The van der Waals surface area contributed by atoms with Crippen molar-refractivity contribution in [1.82, 2.24) is 5.32 Å². The second kappa shape index (κ2) is 7.15. The van der Waals surface area contributed by atoms with Gasteiger partial charge in [-0.3, -0.25) is 0 Å². The van der Waals surface area contributed by atoms with Gasteiger partial charge in [-0.05, 0) is 51.9 Å². The van der Waals surface area contributed by atoms with Crippen molar-refractivity contribution in [2.24, 2.45) is 0 Å². The van der Waals surface area contributed by atoms with Crippen molar-refractivity contribution in [1.29, 1.82) is 0 Å². The first-order chi connectivity index (χ1) is 9.95. The first-order valence-electron chi connectivity index (χ1n) is 5.89. The van der Waals surface area contributed by atoms with E-state index in [2.05, 4.69) is 26.6 Å². The summed E-state index contributed by atoms with van der Waals surface area (Å²) in [7, 11) is 0. The molecular formula is C14H10BrClF2N2S. The Morgan fingerprint density at radius 3 is 2.48 bits per heavy atom. The Hall–Kier alpha value is -1.24. The van der Waals surface area contributed by atoms with Gasteiger partial charge in [0.25, 0.3) is 0 Å². The number of benzene rings is 2. The molecule has 110 valence electrons. The van der Waals surface area contributed by atoms with Gasteiger partial charge in [0.15, 0.2) is 10.9 Å². The molecule has 0 saturated heterocycles. The van der Waals surface area contributed by atoms with E-state index in [4.69, 9.17) is 23.8 Å². The molecule has 0 aliphatic carbocycles. The van der Waals surface area contributed by atoms with Crippen molar-refractivity contribution in [2.75, 3.05) is 5.32 Å². The van der Waals surface area contributed by atoms with E-state index in [-0.39, 0.29) is 15.3 Å². The lowest BCUT2D eigenvalue weighted by Gasteiger charge is -2.13. The normalized spacial score (nSPS) is 10.3. The Morgan fingerprint density at radius 1 is 1.19 bits per heavy atom. The fourth-order valence-electron chi connectivity index (χ4n) is 1.60. The van der Waals surface area contributed by atoms with Crippen LogP contribution in [0, 0.1) is 11.6 Å². The molecule has 0 fully saturated rings. The molecule has 21 heavy (non-hydrogen) atoms. The molecule has 7 heteroatoms. The molecule has 2 aromatic rings. The summed E-state index contributed by atoms with van der Waals surface area (Å²) < 4.78 is 26.9. The van der Waals surface area contributed by atoms with Gasteiger partial charge in [0.1, 0.15) is 5.82 Å². The molecule has 0 saturated carbocycles. The average molecular weight is 392 g/mol. The van der Waals surface area contributed by atoms with Gasteiger partial charge in [0.2, 0.25) is 0 Å². The van der Waals surface area contributed by atoms with Crippen molar-refractivity contribution in [3.8, 4) is 0 Å². The van der Waals surface area contributed by atoms with Crippen molar-refractivity contribution in [2.45, 2.75) is 6.54 Å². The number of anilines is 1. The van der Waals surface area contributed by atoms with E-state index >= 15 is 0 Å². The Kier molecular flexibility index (Phi) is 5.50.